The Bertz CT molecular complexity index is 1050. The van der Waals surface area contributed by atoms with E-state index in [1.165, 1.54) is 28.6 Å². The maximum absolute atomic E-state index is 12.7. The van der Waals surface area contributed by atoms with E-state index in [0.29, 0.717) is 13.1 Å². The molecule has 1 saturated heterocycles. The van der Waals surface area contributed by atoms with Crippen molar-refractivity contribution in [3.05, 3.63) is 38.0 Å². The van der Waals surface area contributed by atoms with Crippen LogP contribution in [0.5, 0.6) is 0 Å². The summed E-state index contributed by atoms with van der Waals surface area (Å²) >= 11 is 18.7. The van der Waals surface area contributed by atoms with Gasteiger partial charge in [0, 0.05) is 13.1 Å². The Labute approximate surface area is 170 Å². The minimum atomic E-state index is -4.02. The Morgan fingerprint density at radius 3 is 2.19 bits per heavy atom. The number of nitrogens with zero attached hydrogens (tertiary/aromatic N) is 1. The number of halogens is 3. The van der Waals surface area contributed by atoms with E-state index in [9.17, 15) is 16.8 Å². The Kier molecular flexibility index (Phi) is 5.79. The van der Waals surface area contributed by atoms with Crippen LogP contribution in [0.25, 0.3) is 0 Å². The van der Waals surface area contributed by atoms with Crippen molar-refractivity contribution in [2.24, 2.45) is 0 Å². The third-order valence-corrected chi connectivity index (χ3v) is 9.30. The van der Waals surface area contributed by atoms with E-state index in [2.05, 4.69) is 4.72 Å². The van der Waals surface area contributed by atoms with Crippen molar-refractivity contribution in [1.82, 2.24) is 4.31 Å². The summed E-state index contributed by atoms with van der Waals surface area (Å²) in [6.45, 7) is 0.829. The minimum Gasteiger partial charge on any atom is -0.280 e. The second-order valence-corrected chi connectivity index (χ2v) is 11.8. The van der Waals surface area contributed by atoms with Gasteiger partial charge in [-0.1, -0.05) is 34.8 Å². The van der Waals surface area contributed by atoms with Crippen molar-refractivity contribution in [2.45, 2.75) is 22.6 Å². The summed E-state index contributed by atoms with van der Waals surface area (Å²) in [5.41, 5.74) is 0.0607. The van der Waals surface area contributed by atoms with Gasteiger partial charge in [0.15, 0.2) is 0 Å². The highest BCUT2D eigenvalue weighted by Crippen LogP contribution is 2.36. The second kappa shape index (κ2) is 7.46. The van der Waals surface area contributed by atoms with Crippen molar-refractivity contribution in [3.63, 3.8) is 0 Å². The number of nitrogens with one attached hydrogen (secondary N) is 1. The maximum Gasteiger partial charge on any atom is 0.264 e. The summed E-state index contributed by atoms with van der Waals surface area (Å²) in [6, 6.07) is 5.15. The van der Waals surface area contributed by atoms with Gasteiger partial charge in [0.1, 0.15) is 14.1 Å². The summed E-state index contributed by atoms with van der Waals surface area (Å²) in [7, 11) is -7.82. The van der Waals surface area contributed by atoms with Gasteiger partial charge in [-0.2, -0.15) is 4.31 Å². The number of rotatable bonds is 5. The fraction of sp³-hybridized carbons (Fsp3) is 0.286. The number of sulfonamides is 2. The first-order chi connectivity index (χ1) is 12.1. The molecule has 12 heteroatoms. The zero-order valence-electron chi connectivity index (χ0n) is 13.1. The molecule has 1 aliphatic rings. The molecule has 26 heavy (non-hydrogen) atoms. The van der Waals surface area contributed by atoms with Gasteiger partial charge in [0.25, 0.3) is 10.0 Å². The molecular formula is C14H13Cl3N2O4S3. The van der Waals surface area contributed by atoms with Crippen LogP contribution in [-0.2, 0) is 20.0 Å². The highest BCUT2D eigenvalue weighted by molar-refractivity contribution is 7.93. The van der Waals surface area contributed by atoms with Gasteiger partial charge in [-0.25, -0.2) is 16.8 Å². The van der Waals surface area contributed by atoms with Crippen LogP contribution in [0, 0.1) is 0 Å². The molecule has 142 valence electrons. The molecule has 1 aromatic heterocycles. The van der Waals surface area contributed by atoms with Crippen molar-refractivity contribution in [2.75, 3.05) is 17.8 Å². The Balaban J connectivity index is 1.96. The molecule has 1 aliphatic heterocycles. The Morgan fingerprint density at radius 2 is 1.62 bits per heavy atom. The molecule has 0 atom stereocenters. The first-order valence-corrected chi connectivity index (χ1v) is 12.3. The van der Waals surface area contributed by atoms with Gasteiger partial charge in [0.05, 0.1) is 15.0 Å². The molecule has 0 radical (unpaired) electrons. The molecule has 0 amide bonds. The van der Waals surface area contributed by atoms with Gasteiger partial charge in [-0.15, -0.1) is 11.3 Å². The Morgan fingerprint density at radius 1 is 0.962 bits per heavy atom. The van der Waals surface area contributed by atoms with Crippen LogP contribution in [0.3, 0.4) is 0 Å². The van der Waals surface area contributed by atoms with E-state index in [4.69, 9.17) is 34.8 Å². The standard InChI is InChI=1S/C14H13Cl3N2O4S3/c15-10-4-3-9(7-11(10)26(22,23)19-5-1-2-6-19)18-25(20,21)12-8-13(16)24-14(12)17/h3-4,7-8,18H,1-2,5-6H2. The zero-order valence-corrected chi connectivity index (χ0v) is 17.8. The second-order valence-electron chi connectivity index (χ2n) is 5.55. The third kappa shape index (κ3) is 3.99. The van der Waals surface area contributed by atoms with Gasteiger partial charge in [-0.3, -0.25) is 4.72 Å². The lowest BCUT2D eigenvalue weighted by atomic mass is 10.3. The average Bonchev–Trinajstić information content (AvgIpc) is 3.19. The minimum absolute atomic E-state index is 0.0152. The quantitative estimate of drug-likeness (QED) is 0.699. The lowest BCUT2D eigenvalue weighted by molar-refractivity contribution is 0.477. The van der Waals surface area contributed by atoms with Crippen LogP contribution < -0.4 is 4.72 Å². The summed E-state index contributed by atoms with van der Waals surface area (Å²) < 4.78 is 54.3. The Hall–Kier alpha value is -0.550. The van der Waals surface area contributed by atoms with E-state index < -0.39 is 20.0 Å². The summed E-state index contributed by atoms with van der Waals surface area (Å²) in [4.78, 5) is -0.316. The molecule has 1 N–H and O–H groups in total. The van der Waals surface area contributed by atoms with Crippen LogP contribution in [0.4, 0.5) is 5.69 Å². The van der Waals surface area contributed by atoms with E-state index >= 15 is 0 Å². The first-order valence-electron chi connectivity index (χ1n) is 7.38. The van der Waals surface area contributed by atoms with E-state index in [0.717, 1.165) is 24.2 Å². The molecule has 0 aliphatic carbocycles. The lowest BCUT2D eigenvalue weighted by Crippen LogP contribution is -2.28. The fourth-order valence-corrected chi connectivity index (χ4v) is 7.77. The van der Waals surface area contributed by atoms with Crippen LogP contribution in [0.1, 0.15) is 12.8 Å². The molecule has 0 spiro atoms. The fourth-order valence-electron chi connectivity index (χ4n) is 2.55. The molecule has 3 rings (SSSR count). The summed E-state index contributed by atoms with van der Waals surface area (Å²) in [6.07, 6.45) is 1.56. The van der Waals surface area contributed by atoms with Crippen LogP contribution in [-0.4, -0.2) is 34.2 Å². The van der Waals surface area contributed by atoms with Crippen LogP contribution in [0.2, 0.25) is 13.7 Å². The predicted molar refractivity (Wildman–Crippen MR) is 105 cm³/mol. The maximum atomic E-state index is 12.7. The first kappa shape index (κ1) is 20.2. The molecule has 0 bridgehead atoms. The topological polar surface area (TPSA) is 83.5 Å². The highest BCUT2D eigenvalue weighted by Gasteiger charge is 2.30. The largest absolute Gasteiger partial charge is 0.280 e. The smallest absolute Gasteiger partial charge is 0.264 e. The molecule has 1 aromatic carbocycles. The lowest BCUT2D eigenvalue weighted by Gasteiger charge is -2.17. The molecule has 1 fully saturated rings. The van der Waals surface area contributed by atoms with Crippen molar-refractivity contribution in [3.8, 4) is 0 Å². The predicted octanol–water partition coefficient (Wildman–Crippen LogP) is 4.29. The van der Waals surface area contributed by atoms with Gasteiger partial charge >= 0.3 is 0 Å². The molecule has 0 saturated carbocycles. The van der Waals surface area contributed by atoms with E-state index in [1.54, 1.807) is 0 Å². The summed E-state index contributed by atoms with van der Waals surface area (Å²) in [5, 5.41) is 0.0245. The third-order valence-electron chi connectivity index (χ3n) is 3.78. The molecule has 2 heterocycles. The van der Waals surface area contributed by atoms with E-state index in [-0.39, 0.29) is 29.2 Å². The summed E-state index contributed by atoms with van der Waals surface area (Å²) in [5.74, 6) is 0. The number of hydrogen-bond acceptors (Lipinski definition) is 5. The average molecular weight is 476 g/mol. The number of benzene rings is 1. The van der Waals surface area contributed by atoms with Crippen LogP contribution in [0.15, 0.2) is 34.1 Å². The number of hydrogen-bond donors (Lipinski definition) is 1. The van der Waals surface area contributed by atoms with E-state index in [1.807, 2.05) is 0 Å². The molecule has 0 unspecified atom stereocenters. The van der Waals surface area contributed by atoms with Crippen molar-refractivity contribution < 1.29 is 16.8 Å². The van der Waals surface area contributed by atoms with Crippen molar-refractivity contribution >= 4 is 71.9 Å². The normalized spacial score (nSPS) is 16.1. The SMILES string of the molecule is O=S(=O)(Nc1ccc(Cl)c(S(=O)(=O)N2CCCC2)c1)c1cc(Cl)sc1Cl. The number of thiophene rings is 1. The number of anilines is 1. The monoisotopic (exact) mass is 474 g/mol. The van der Waals surface area contributed by atoms with Gasteiger partial charge < -0.3 is 0 Å². The highest BCUT2D eigenvalue weighted by atomic mass is 35.5. The molecular weight excluding hydrogens is 463 g/mol. The van der Waals surface area contributed by atoms with Gasteiger partial charge in [-0.05, 0) is 37.1 Å². The van der Waals surface area contributed by atoms with Crippen molar-refractivity contribution in [1.29, 1.82) is 0 Å². The van der Waals surface area contributed by atoms with Crippen LogP contribution >= 0.6 is 46.1 Å². The molecule has 6 nitrogen and oxygen atoms in total. The van der Waals surface area contributed by atoms with Gasteiger partial charge in [0.2, 0.25) is 10.0 Å². The zero-order chi connectivity index (χ0) is 19.1. The molecule has 2 aromatic rings.